The highest BCUT2D eigenvalue weighted by molar-refractivity contribution is 7.89. The fourth-order valence-electron chi connectivity index (χ4n) is 3.21. The molecule has 4 aromatic carbocycles. The number of benzene rings is 4. The molecular weight excluding hydrogens is 396 g/mol. The molecule has 1 unspecified atom stereocenters. The summed E-state index contributed by atoms with van der Waals surface area (Å²) in [5, 5.41) is 1.76. The second-order valence-corrected chi connectivity index (χ2v) is 8.60. The zero-order valence-electron chi connectivity index (χ0n) is 16.3. The van der Waals surface area contributed by atoms with Crippen molar-refractivity contribution in [3.8, 4) is 5.75 Å². The van der Waals surface area contributed by atoms with Gasteiger partial charge >= 0.3 is 0 Å². The minimum Gasteiger partial charge on any atom is -0.489 e. The lowest BCUT2D eigenvalue weighted by molar-refractivity contribution is 0.306. The highest BCUT2D eigenvalue weighted by Crippen LogP contribution is 2.26. The van der Waals surface area contributed by atoms with Crippen molar-refractivity contribution in [1.29, 1.82) is 0 Å². The first-order chi connectivity index (χ1) is 14.7. The van der Waals surface area contributed by atoms with Gasteiger partial charge in [-0.15, -0.1) is 0 Å². The van der Waals surface area contributed by atoms with Crippen molar-refractivity contribution in [2.45, 2.75) is 18.0 Å². The summed E-state index contributed by atoms with van der Waals surface area (Å²) in [6.45, 7) is 0.655. The van der Waals surface area contributed by atoms with E-state index in [9.17, 15) is 4.21 Å². The largest absolute Gasteiger partial charge is 0.489 e. The number of rotatable bonds is 7. The van der Waals surface area contributed by atoms with Gasteiger partial charge in [0, 0.05) is 5.39 Å². The molecule has 0 radical (unpaired) electrons. The summed E-state index contributed by atoms with van der Waals surface area (Å²) < 4.78 is 28.5. The molecule has 0 aliphatic carbocycles. The Bertz CT molecular complexity index is 1260. The van der Waals surface area contributed by atoms with Gasteiger partial charge in [-0.2, -0.15) is 10.2 Å². The Balaban J connectivity index is 1.58. The highest BCUT2D eigenvalue weighted by atomic mass is 32.2. The molecule has 0 fully saturated rings. The van der Waals surface area contributed by atoms with E-state index in [-0.39, 0.29) is 6.54 Å². The van der Waals surface area contributed by atoms with Gasteiger partial charge in [-0.3, -0.25) is 0 Å². The molecule has 4 rings (SSSR count). The molecule has 5 nitrogen and oxygen atoms in total. The zero-order valence-corrected chi connectivity index (χ0v) is 17.1. The van der Waals surface area contributed by atoms with E-state index < -0.39 is 10.0 Å². The first-order valence-corrected chi connectivity index (χ1v) is 11.0. The van der Waals surface area contributed by atoms with E-state index >= 15 is 0 Å². The number of hydrogen-bond donors (Lipinski definition) is 1. The van der Waals surface area contributed by atoms with Crippen molar-refractivity contribution in [3.05, 3.63) is 108 Å². The maximum absolute atomic E-state index is 13.4. The summed E-state index contributed by atoms with van der Waals surface area (Å²) in [6.07, 6.45) is 0. The number of hydrogen-bond acceptors (Lipinski definition) is 5. The fourth-order valence-corrected chi connectivity index (χ4v) is 4.54. The van der Waals surface area contributed by atoms with Crippen LogP contribution in [0.3, 0.4) is 0 Å². The molecule has 0 bridgehead atoms. The quantitative estimate of drug-likeness (QED) is 0.416. The molecule has 30 heavy (non-hydrogen) atoms. The third-order valence-electron chi connectivity index (χ3n) is 4.72. The first kappa shape index (κ1) is 20.1. The predicted octanol–water partition coefficient (Wildman–Crippen LogP) is 5.25. The molecule has 0 aliphatic rings. The van der Waals surface area contributed by atoms with Crippen LogP contribution in [0.5, 0.6) is 5.75 Å². The van der Waals surface area contributed by atoms with E-state index in [1.165, 1.54) is 0 Å². The van der Waals surface area contributed by atoms with Crippen LogP contribution < -0.4 is 10.6 Å². The standard InChI is InChI=1S/C24H22N2O3S/c25-29-30(27,24-15-7-12-21-11-4-5-14-23(21)24)26-17-20-10-6-13-22(16-20)28-18-19-8-2-1-3-9-19/h1-16H,17-18,25H2. The zero-order chi connectivity index (χ0) is 20.8. The van der Waals surface area contributed by atoms with Crippen LogP contribution in [0.15, 0.2) is 106 Å². The minimum absolute atomic E-state index is 0.182. The third kappa shape index (κ3) is 4.52. The Kier molecular flexibility index (Phi) is 6.09. The van der Waals surface area contributed by atoms with Crippen LogP contribution in [0.4, 0.5) is 0 Å². The molecule has 0 saturated carbocycles. The van der Waals surface area contributed by atoms with Gasteiger partial charge in [0.1, 0.15) is 12.4 Å². The van der Waals surface area contributed by atoms with Gasteiger partial charge in [0.2, 0.25) is 10.0 Å². The van der Waals surface area contributed by atoms with Crippen LogP contribution in [0.25, 0.3) is 10.8 Å². The Morgan fingerprint density at radius 3 is 2.33 bits per heavy atom. The molecule has 4 aromatic rings. The average molecular weight is 419 g/mol. The maximum atomic E-state index is 13.4. The summed E-state index contributed by atoms with van der Waals surface area (Å²) in [4.78, 5) is 0.472. The van der Waals surface area contributed by atoms with Crippen LogP contribution in [-0.4, -0.2) is 4.21 Å². The molecule has 0 aromatic heterocycles. The maximum Gasteiger partial charge on any atom is 0.210 e. The van der Waals surface area contributed by atoms with E-state index in [1.54, 1.807) is 6.07 Å². The van der Waals surface area contributed by atoms with Crippen molar-refractivity contribution in [1.82, 2.24) is 0 Å². The van der Waals surface area contributed by atoms with Gasteiger partial charge in [0.15, 0.2) is 0 Å². The molecule has 0 amide bonds. The average Bonchev–Trinajstić information content (AvgIpc) is 2.82. The molecule has 0 heterocycles. The summed E-state index contributed by atoms with van der Waals surface area (Å²) in [5.74, 6) is 6.16. The number of nitrogens with two attached hydrogens (primary N) is 1. The Morgan fingerprint density at radius 1 is 0.800 bits per heavy atom. The Hall–Kier alpha value is -3.19. The lowest BCUT2D eigenvalue weighted by Crippen LogP contribution is -2.12. The normalized spacial score (nSPS) is 13.0. The smallest absolute Gasteiger partial charge is 0.210 e. The van der Waals surface area contributed by atoms with Crippen molar-refractivity contribution in [2.75, 3.05) is 0 Å². The second-order valence-electron chi connectivity index (χ2n) is 6.76. The Morgan fingerprint density at radius 2 is 1.50 bits per heavy atom. The lowest BCUT2D eigenvalue weighted by atomic mass is 10.1. The van der Waals surface area contributed by atoms with Crippen LogP contribution in [0, 0.1) is 0 Å². The SMILES string of the molecule is NOS(=O)(=NCc1cccc(OCc2ccccc2)c1)c1cccc2ccccc12. The van der Waals surface area contributed by atoms with E-state index in [4.69, 9.17) is 14.9 Å². The summed E-state index contributed by atoms with van der Waals surface area (Å²) >= 11 is 0. The van der Waals surface area contributed by atoms with Gasteiger partial charge in [0.05, 0.1) is 11.4 Å². The van der Waals surface area contributed by atoms with Crippen molar-refractivity contribution in [3.63, 3.8) is 0 Å². The first-order valence-electron chi connectivity index (χ1n) is 9.53. The molecule has 2 N–H and O–H groups in total. The van der Waals surface area contributed by atoms with E-state index in [2.05, 4.69) is 4.36 Å². The van der Waals surface area contributed by atoms with Crippen LogP contribution in [-0.2, 0) is 27.4 Å². The van der Waals surface area contributed by atoms with E-state index in [0.717, 1.165) is 27.6 Å². The van der Waals surface area contributed by atoms with Gasteiger partial charge in [-0.25, -0.2) is 8.57 Å². The summed E-state index contributed by atoms with van der Waals surface area (Å²) in [6, 6.07) is 30.6. The monoisotopic (exact) mass is 418 g/mol. The van der Waals surface area contributed by atoms with Crippen molar-refractivity contribution in [2.24, 2.45) is 10.3 Å². The van der Waals surface area contributed by atoms with E-state index in [0.29, 0.717) is 11.5 Å². The summed E-state index contributed by atoms with van der Waals surface area (Å²) in [5.41, 5.74) is 1.94. The lowest BCUT2D eigenvalue weighted by Gasteiger charge is -2.11. The topological polar surface area (TPSA) is 73.9 Å². The van der Waals surface area contributed by atoms with Crippen LogP contribution in [0.2, 0.25) is 0 Å². The predicted molar refractivity (Wildman–Crippen MR) is 119 cm³/mol. The number of fused-ring (bicyclic) bond motifs is 1. The van der Waals surface area contributed by atoms with Gasteiger partial charge in [-0.05, 0) is 34.7 Å². The summed E-state index contributed by atoms with van der Waals surface area (Å²) in [7, 11) is -3.24. The van der Waals surface area contributed by atoms with Crippen molar-refractivity contribution >= 4 is 20.8 Å². The van der Waals surface area contributed by atoms with Gasteiger partial charge < -0.3 is 4.74 Å². The second kappa shape index (κ2) is 9.09. The molecule has 0 aliphatic heterocycles. The third-order valence-corrected chi connectivity index (χ3v) is 6.36. The van der Waals surface area contributed by atoms with E-state index in [1.807, 2.05) is 91.0 Å². The highest BCUT2D eigenvalue weighted by Gasteiger charge is 2.16. The Labute approximate surface area is 176 Å². The molecule has 0 saturated heterocycles. The van der Waals surface area contributed by atoms with Crippen LogP contribution >= 0.6 is 0 Å². The fraction of sp³-hybridized carbons (Fsp3) is 0.0833. The number of ether oxygens (including phenoxy) is 1. The molecular formula is C24H22N2O3S. The molecule has 0 spiro atoms. The van der Waals surface area contributed by atoms with Gasteiger partial charge in [0.25, 0.3) is 0 Å². The van der Waals surface area contributed by atoms with Gasteiger partial charge in [-0.1, -0.05) is 78.9 Å². The van der Waals surface area contributed by atoms with Crippen LogP contribution in [0.1, 0.15) is 11.1 Å². The molecule has 1 atom stereocenters. The van der Waals surface area contributed by atoms with Crippen molar-refractivity contribution < 1.29 is 13.2 Å². The number of nitrogens with zero attached hydrogens (tertiary/aromatic N) is 1. The molecule has 6 heteroatoms. The molecule has 152 valence electrons. The minimum atomic E-state index is -3.24.